The Hall–Kier alpha value is -0.630. The SMILES string of the molecule is O=S1(=O)CC[C@H](N(Cc2cccc(Cl)c2)[C@H]2CCS(=O)(=O)C2)C1. The molecule has 0 bridgehead atoms. The average molecular weight is 378 g/mol. The molecule has 0 aromatic heterocycles. The van der Waals surface area contributed by atoms with Gasteiger partial charge in [-0.2, -0.15) is 0 Å². The van der Waals surface area contributed by atoms with Crippen LogP contribution in [0.3, 0.4) is 0 Å². The van der Waals surface area contributed by atoms with Crippen LogP contribution in [0.4, 0.5) is 0 Å². The molecule has 8 heteroatoms. The quantitative estimate of drug-likeness (QED) is 0.795. The first-order valence-electron chi connectivity index (χ1n) is 7.65. The van der Waals surface area contributed by atoms with Gasteiger partial charge in [0.05, 0.1) is 23.0 Å². The number of halogens is 1. The maximum absolute atomic E-state index is 11.8. The summed E-state index contributed by atoms with van der Waals surface area (Å²) >= 11 is 6.03. The molecule has 2 aliphatic rings. The lowest BCUT2D eigenvalue weighted by Crippen LogP contribution is -2.44. The van der Waals surface area contributed by atoms with Crippen LogP contribution in [-0.4, -0.2) is 56.8 Å². The third-order valence-corrected chi connectivity index (χ3v) is 8.34. The first-order chi connectivity index (χ1) is 10.7. The maximum atomic E-state index is 11.8. The molecule has 1 aromatic rings. The van der Waals surface area contributed by atoms with Crippen molar-refractivity contribution in [2.45, 2.75) is 31.5 Å². The largest absolute Gasteiger partial charge is 0.291 e. The molecule has 0 aliphatic carbocycles. The molecule has 2 fully saturated rings. The fourth-order valence-electron chi connectivity index (χ4n) is 3.48. The summed E-state index contributed by atoms with van der Waals surface area (Å²) in [6, 6.07) is 7.20. The van der Waals surface area contributed by atoms with Crippen molar-refractivity contribution in [2.75, 3.05) is 23.0 Å². The van der Waals surface area contributed by atoms with Gasteiger partial charge in [-0.3, -0.25) is 4.90 Å². The van der Waals surface area contributed by atoms with Crippen LogP contribution in [0, 0.1) is 0 Å². The van der Waals surface area contributed by atoms with E-state index >= 15 is 0 Å². The van der Waals surface area contributed by atoms with E-state index in [1.54, 1.807) is 6.07 Å². The van der Waals surface area contributed by atoms with Crippen molar-refractivity contribution in [1.82, 2.24) is 4.90 Å². The van der Waals surface area contributed by atoms with Crippen LogP contribution >= 0.6 is 11.6 Å². The molecule has 0 spiro atoms. The monoisotopic (exact) mass is 377 g/mol. The summed E-state index contributed by atoms with van der Waals surface area (Å²) < 4.78 is 47.3. The minimum absolute atomic E-state index is 0.114. The highest BCUT2D eigenvalue weighted by atomic mass is 35.5. The van der Waals surface area contributed by atoms with Crippen molar-refractivity contribution in [3.63, 3.8) is 0 Å². The van der Waals surface area contributed by atoms with Gasteiger partial charge < -0.3 is 0 Å². The van der Waals surface area contributed by atoms with Crippen LogP contribution in [0.1, 0.15) is 18.4 Å². The highest BCUT2D eigenvalue weighted by Gasteiger charge is 2.39. The Morgan fingerprint density at radius 2 is 1.57 bits per heavy atom. The number of hydrogen-bond acceptors (Lipinski definition) is 5. The van der Waals surface area contributed by atoms with Gasteiger partial charge in [-0.25, -0.2) is 16.8 Å². The second-order valence-corrected chi connectivity index (χ2v) is 11.3. The summed E-state index contributed by atoms with van der Waals surface area (Å²) in [6.07, 6.45) is 1.14. The molecular weight excluding hydrogens is 358 g/mol. The van der Waals surface area contributed by atoms with Crippen LogP contribution in [-0.2, 0) is 26.2 Å². The van der Waals surface area contributed by atoms with Crippen molar-refractivity contribution < 1.29 is 16.8 Å². The zero-order chi connectivity index (χ0) is 16.7. The predicted octanol–water partition coefficient (Wildman–Crippen LogP) is 1.52. The molecular formula is C15H20ClNO4S2. The third kappa shape index (κ3) is 4.26. The number of sulfone groups is 2. The van der Waals surface area contributed by atoms with E-state index in [1.807, 2.05) is 18.2 Å². The lowest BCUT2D eigenvalue weighted by molar-refractivity contribution is 0.150. The summed E-state index contributed by atoms with van der Waals surface area (Å²) in [5, 5.41) is 0.625. The van der Waals surface area contributed by atoms with E-state index in [0.717, 1.165) is 5.56 Å². The molecule has 2 saturated heterocycles. The highest BCUT2D eigenvalue weighted by molar-refractivity contribution is 7.92. The van der Waals surface area contributed by atoms with Gasteiger partial charge >= 0.3 is 0 Å². The van der Waals surface area contributed by atoms with Crippen LogP contribution in [0.2, 0.25) is 5.02 Å². The van der Waals surface area contributed by atoms with Crippen LogP contribution in [0.5, 0.6) is 0 Å². The van der Waals surface area contributed by atoms with Gasteiger partial charge in [0, 0.05) is 23.7 Å². The molecule has 5 nitrogen and oxygen atoms in total. The summed E-state index contributed by atoms with van der Waals surface area (Å²) in [5.41, 5.74) is 0.978. The second kappa shape index (κ2) is 6.35. The first kappa shape index (κ1) is 17.2. The molecule has 3 rings (SSSR count). The Labute approximate surface area is 142 Å². The van der Waals surface area contributed by atoms with Gasteiger partial charge in [0.1, 0.15) is 0 Å². The lowest BCUT2D eigenvalue weighted by atomic mass is 10.1. The maximum Gasteiger partial charge on any atom is 0.151 e. The van der Waals surface area contributed by atoms with E-state index in [-0.39, 0.29) is 35.1 Å². The minimum atomic E-state index is -3.02. The van der Waals surface area contributed by atoms with Crippen molar-refractivity contribution in [2.24, 2.45) is 0 Å². The first-order valence-corrected chi connectivity index (χ1v) is 11.7. The Kier molecular flexibility index (Phi) is 4.75. The molecule has 1 aromatic carbocycles. The Morgan fingerprint density at radius 3 is 2.00 bits per heavy atom. The van der Waals surface area contributed by atoms with Gasteiger partial charge in [0.2, 0.25) is 0 Å². The van der Waals surface area contributed by atoms with Crippen molar-refractivity contribution in [1.29, 1.82) is 0 Å². The fourth-order valence-corrected chi connectivity index (χ4v) is 7.17. The summed E-state index contributed by atoms with van der Waals surface area (Å²) in [5.74, 6) is 0.598. The fraction of sp³-hybridized carbons (Fsp3) is 0.600. The Balaban J connectivity index is 1.84. The van der Waals surface area contributed by atoms with Crippen LogP contribution in [0.25, 0.3) is 0 Å². The number of nitrogens with zero attached hydrogens (tertiary/aromatic N) is 1. The number of rotatable bonds is 4. The molecule has 0 amide bonds. The Bertz CT molecular complexity index is 747. The standard InChI is InChI=1S/C15H20ClNO4S2/c16-13-3-1-2-12(8-13)9-17(14-4-6-22(18,19)10-14)15-5-7-23(20,21)11-15/h1-3,8,14-15H,4-7,9-11H2/t14-,15-/m0/s1. The summed E-state index contributed by atoms with van der Waals surface area (Å²) in [7, 11) is -6.03. The highest BCUT2D eigenvalue weighted by Crippen LogP contribution is 2.28. The number of benzene rings is 1. The molecule has 2 heterocycles. The van der Waals surface area contributed by atoms with E-state index in [0.29, 0.717) is 24.4 Å². The summed E-state index contributed by atoms with van der Waals surface area (Å²) in [6.45, 7) is 0.529. The molecule has 2 atom stereocenters. The average Bonchev–Trinajstić information content (AvgIpc) is 2.98. The van der Waals surface area contributed by atoms with Crippen molar-refractivity contribution >= 4 is 31.3 Å². The van der Waals surface area contributed by atoms with E-state index in [2.05, 4.69) is 4.90 Å². The second-order valence-electron chi connectivity index (χ2n) is 6.42. The predicted molar refractivity (Wildman–Crippen MR) is 91.1 cm³/mol. The molecule has 128 valence electrons. The van der Waals surface area contributed by atoms with Gasteiger partial charge in [-0.15, -0.1) is 0 Å². The summed E-state index contributed by atoms with van der Waals surface area (Å²) in [4.78, 5) is 2.07. The van der Waals surface area contributed by atoms with Crippen LogP contribution in [0.15, 0.2) is 24.3 Å². The molecule has 23 heavy (non-hydrogen) atoms. The topological polar surface area (TPSA) is 71.5 Å². The Morgan fingerprint density at radius 1 is 1.00 bits per heavy atom. The van der Waals surface area contributed by atoms with Gasteiger partial charge in [0.25, 0.3) is 0 Å². The zero-order valence-corrected chi connectivity index (χ0v) is 15.1. The van der Waals surface area contributed by atoms with E-state index < -0.39 is 19.7 Å². The van der Waals surface area contributed by atoms with Gasteiger partial charge in [0.15, 0.2) is 19.7 Å². The molecule has 0 unspecified atom stereocenters. The van der Waals surface area contributed by atoms with Crippen molar-refractivity contribution in [3.05, 3.63) is 34.9 Å². The molecule has 0 radical (unpaired) electrons. The molecule has 2 aliphatic heterocycles. The molecule has 0 saturated carbocycles. The minimum Gasteiger partial charge on any atom is -0.291 e. The van der Waals surface area contributed by atoms with E-state index in [9.17, 15) is 16.8 Å². The van der Waals surface area contributed by atoms with Crippen LogP contribution < -0.4 is 0 Å². The molecule has 0 N–H and O–H groups in total. The van der Waals surface area contributed by atoms with Crippen molar-refractivity contribution in [3.8, 4) is 0 Å². The normalized spacial score (nSPS) is 29.1. The smallest absolute Gasteiger partial charge is 0.151 e. The van der Waals surface area contributed by atoms with E-state index in [4.69, 9.17) is 11.6 Å². The van der Waals surface area contributed by atoms with Gasteiger partial charge in [-0.05, 0) is 30.5 Å². The van der Waals surface area contributed by atoms with E-state index in [1.165, 1.54) is 0 Å². The zero-order valence-electron chi connectivity index (χ0n) is 12.7. The third-order valence-electron chi connectivity index (χ3n) is 4.61. The number of hydrogen-bond donors (Lipinski definition) is 0. The van der Waals surface area contributed by atoms with Gasteiger partial charge in [-0.1, -0.05) is 23.7 Å². The lowest BCUT2D eigenvalue weighted by Gasteiger charge is -2.33.